The van der Waals surface area contributed by atoms with Gasteiger partial charge in [-0.15, -0.1) is 0 Å². The molecule has 0 unspecified atom stereocenters. The summed E-state index contributed by atoms with van der Waals surface area (Å²) >= 11 is 0. The van der Waals surface area contributed by atoms with Gasteiger partial charge in [-0.25, -0.2) is 0 Å². The van der Waals surface area contributed by atoms with Gasteiger partial charge in [-0.1, -0.05) is 109 Å². The smallest absolute Gasteiger partial charge is 0.252 e. The predicted octanol–water partition coefficient (Wildman–Crippen LogP) is 11.2. The quantitative estimate of drug-likeness (QED) is 0.174. The summed E-state index contributed by atoms with van der Waals surface area (Å²) in [6.45, 7) is 0.0875. The first-order chi connectivity index (χ1) is 26.3. The third kappa shape index (κ3) is 4.02. The molecule has 246 valence electrons. The minimum atomic E-state index is 0.0875. The predicted molar refractivity (Wildman–Crippen MR) is 220 cm³/mol. The molecule has 2 aromatic heterocycles. The SMILES string of the molecule is c1ccc2c(c1)B1c3ccccc3N(c3ccc4oc5ccccc5c4c3)c3cccc(c31)N2c1ccc(-c2cccc3c2oc2ccccc23)cc1. The van der Waals surface area contributed by atoms with Gasteiger partial charge in [0.05, 0.1) is 0 Å². The van der Waals surface area contributed by atoms with Crippen LogP contribution in [0.15, 0.2) is 185 Å². The monoisotopic (exact) mass is 676 g/mol. The Labute approximate surface area is 305 Å². The number of hydrogen-bond donors (Lipinski definition) is 0. The van der Waals surface area contributed by atoms with Crippen molar-refractivity contribution in [1.82, 2.24) is 0 Å². The van der Waals surface area contributed by atoms with Crippen LogP contribution in [0, 0.1) is 0 Å². The van der Waals surface area contributed by atoms with Crippen LogP contribution in [-0.4, -0.2) is 6.71 Å². The van der Waals surface area contributed by atoms with Gasteiger partial charge in [0.25, 0.3) is 6.71 Å². The fourth-order valence-electron chi connectivity index (χ4n) is 9.01. The van der Waals surface area contributed by atoms with E-state index in [1.54, 1.807) is 0 Å². The number of fused-ring (bicyclic) bond motifs is 10. The Bertz CT molecular complexity index is 3100. The molecule has 0 amide bonds. The number of rotatable bonds is 3. The first kappa shape index (κ1) is 28.7. The molecule has 0 atom stereocenters. The second-order valence-electron chi connectivity index (χ2n) is 14.0. The molecule has 0 N–H and O–H groups in total. The van der Waals surface area contributed by atoms with Gasteiger partial charge in [0.1, 0.15) is 22.3 Å². The highest BCUT2D eigenvalue weighted by atomic mass is 16.3. The standard InChI is InChI=1S/C48H29BN2O2/c1-8-22-45-34(11-1)36-14-9-13-33(48(36)53-45)30-23-25-31(26-24-30)50-40-17-5-3-15-38(40)49-39-16-4-6-18-41(39)51(43-20-10-19-42(50)47(43)49)32-27-28-46-37(29-32)35-12-2-7-21-44(35)52-46/h1-29H. The molecule has 0 spiro atoms. The number of anilines is 6. The van der Waals surface area contributed by atoms with Crippen molar-refractivity contribution in [3.05, 3.63) is 176 Å². The van der Waals surface area contributed by atoms with Crippen LogP contribution in [-0.2, 0) is 0 Å². The molecule has 4 nitrogen and oxygen atoms in total. The third-order valence-corrected chi connectivity index (χ3v) is 11.3. The van der Waals surface area contributed by atoms with E-state index >= 15 is 0 Å². The second-order valence-corrected chi connectivity index (χ2v) is 14.0. The molecule has 0 saturated carbocycles. The lowest BCUT2D eigenvalue weighted by atomic mass is 9.33. The van der Waals surface area contributed by atoms with Crippen molar-refractivity contribution in [2.45, 2.75) is 0 Å². The summed E-state index contributed by atoms with van der Waals surface area (Å²) in [5.41, 5.74) is 16.7. The molecule has 0 aliphatic carbocycles. The lowest BCUT2D eigenvalue weighted by molar-refractivity contribution is 0.669. The van der Waals surface area contributed by atoms with Crippen LogP contribution in [0.3, 0.4) is 0 Å². The fraction of sp³-hybridized carbons (Fsp3) is 0. The van der Waals surface area contributed by atoms with E-state index in [2.05, 4.69) is 161 Å². The van der Waals surface area contributed by atoms with Gasteiger partial charge < -0.3 is 18.6 Å². The summed E-state index contributed by atoms with van der Waals surface area (Å²) in [6.07, 6.45) is 0. The Hall–Kier alpha value is -6.98. The van der Waals surface area contributed by atoms with Crippen molar-refractivity contribution < 1.29 is 8.83 Å². The Morgan fingerprint density at radius 3 is 1.64 bits per heavy atom. The molecule has 2 aliphatic heterocycles. The van der Waals surface area contributed by atoms with Crippen LogP contribution in [0.1, 0.15) is 0 Å². The zero-order valence-electron chi connectivity index (χ0n) is 28.5. The van der Waals surface area contributed by atoms with Gasteiger partial charge >= 0.3 is 0 Å². The fourth-order valence-corrected chi connectivity index (χ4v) is 9.01. The number of nitrogens with zero attached hydrogens (tertiary/aromatic N) is 2. The van der Waals surface area contributed by atoms with Gasteiger partial charge in [0, 0.05) is 61.2 Å². The minimum absolute atomic E-state index is 0.0875. The van der Waals surface area contributed by atoms with Crippen LogP contribution < -0.4 is 26.2 Å². The van der Waals surface area contributed by atoms with E-state index in [1.807, 2.05) is 24.3 Å². The molecular formula is C48H29BN2O2. The van der Waals surface area contributed by atoms with Gasteiger partial charge in [-0.2, -0.15) is 0 Å². The zero-order valence-corrected chi connectivity index (χ0v) is 28.5. The largest absolute Gasteiger partial charge is 0.456 e. The van der Waals surface area contributed by atoms with Crippen molar-refractivity contribution in [1.29, 1.82) is 0 Å². The topological polar surface area (TPSA) is 32.8 Å². The number of para-hydroxylation sites is 5. The summed E-state index contributed by atoms with van der Waals surface area (Å²) in [6, 6.07) is 63.1. The van der Waals surface area contributed by atoms with Crippen molar-refractivity contribution in [3.8, 4) is 11.1 Å². The highest BCUT2D eigenvalue weighted by Gasteiger charge is 2.42. The molecule has 12 rings (SSSR count). The molecular weight excluding hydrogens is 647 g/mol. The van der Waals surface area contributed by atoms with E-state index in [0.717, 1.165) is 66.4 Å². The van der Waals surface area contributed by atoms with E-state index < -0.39 is 0 Å². The maximum absolute atomic E-state index is 6.42. The lowest BCUT2D eigenvalue weighted by Crippen LogP contribution is -2.61. The summed E-state index contributed by atoms with van der Waals surface area (Å²) in [7, 11) is 0. The van der Waals surface area contributed by atoms with Crippen molar-refractivity contribution in [2.24, 2.45) is 0 Å². The van der Waals surface area contributed by atoms with Crippen LogP contribution in [0.4, 0.5) is 34.1 Å². The highest BCUT2D eigenvalue weighted by Crippen LogP contribution is 2.45. The van der Waals surface area contributed by atoms with E-state index in [1.165, 1.54) is 39.1 Å². The van der Waals surface area contributed by atoms with Crippen molar-refractivity contribution >= 4 is 101 Å². The lowest BCUT2D eigenvalue weighted by Gasteiger charge is -2.44. The molecule has 5 heteroatoms. The molecule has 4 heterocycles. The average molecular weight is 677 g/mol. The number of furan rings is 2. The summed E-state index contributed by atoms with van der Waals surface area (Å²) in [5.74, 6) is 0. The Balaban J connectivity index is 1.04. The molecule has 0 saturated heterocycles. The molecule has 53 heavy (non-hydrogen) atoms. The van der Waals surface area contributed by atoms with Gasteiger partial charge in [0.2, 0.25) is 0 Å². The molecule has 0 radical (unpaired) electrons. The molecule has 0 bridgehead atoms. The Morgan fingerprint density at radius 2 is 0.906 bits per heavy atom. The van der Waals surface area contributed by atoms with Crippen molar-refractivity contribution in [3.63, 3.8) is 0 Å². The maximum atomic E-state index is 6.42. The third-order valence-electron chi connectivity index (χ3n) is 11.3. The number of benzene rings is 8. The first-order valence-electron chi connectivity index (χ1n) is 18.1. The van der Waals surface area contributed by atoms with Gasteiger partial charge in [0.15, 0.2) is 0 Å². The molecule has 2 aliphatic rings. The molecule has 8 aromatic carbocycles. The minimum Gasteiger partial charge on any atom is -0.456 e. The Morgan fingerprint density at radius 1 is 0.377 bits per heavy atom. The normalized spacial score (nSPS) is 13.2. The Kier molecular flexibility index (Phi) is 5.83. The van der Waals surface area contributed by atoms with Crippen LogP contribution in [0.25, 0.3) is 55.0 Å². The van der Waals surface area contributed by atoms with E-state index in [4.69, 9.17) is 8.83 Å². The van der Waals surface area contributed by atoms with E-state index in [0.29, 0.717) is 0 Å². The van der Waals surface area contributed by atoms with Gasteiger partial charge in [-0.3, -0.25) is 0 Å². The average Bonchev–Trinajstić information content (AvgIpc) is 3.79. The first-order valence-corrected chi connectivity index (χ1v) is 18.1. The number of hydrogen-bond acceptors (Lipinski definition) is 4. The zero-order chi connectivity index (χ0) is 34.6. The molecule has 10 aromatic rings. The summed E-state index contributed by atoms with van der Waals surface area (Å²) in [4.78, 5) is 4.88. The summed E-state index contributed by atoms with van der Waals surface area (Å²) in [5, 5.41) is 4.53. The maximum Gasteiger partial charge on any atom is 0.252 e. The summed E-state index contributed by atoms with van der Waals surface area (Å²) < 4.78 is 12.7. The van der Waals surface area contributed by atoms with Crippen LogP contribution >= 0.6 is 0 Å². The van der Waals surface area contributed by atoms with E-state index in [-0.39, 0.29) is 6.71 Å². The highest BCUT2D eigenvalue weighted by molar-refractivity contribution is 7.00. The van der Waals surface area contributed by atoms with Crippen LogP contribution in [0.2, 0.25) is 0 Å². The molecule has 0 fully saturated rings. The van der Waals surface area contributed by atoms with Crippen molar-refractivity contribution in [2.75, 3.05) is 9.80 Å². The van der Waals surface area contributed by atoms with Gasteiger partial charge in [-0.05, 0) is 88.7 Å². The van der Waals surface area contributed by atoms with Crippen LogP contribution in [0.5, 0.6) is 0 Å². The second kappa shape index (κ2) is 10.8. The van der Waals surface area contributed by atoms with E-state index in [9.17, 15) is 0 Å².